The lowest BCUT2D eigenvalue weighted by Gasteiger charge is -2.14. The summed E-state index contributed by atoms with van der Waals surface area (Å²) in [7, 11) is 1.62. The maximum absolute atomic E-state index is 12.7. The van der Waals surface area contributed by atoms with Crippen molar-refractivity contribution in [2.24, 2.45) is 0 Å². The number of aliphatic hydroxyl groups excluding tert-OH is 1. The van der Waals surface area contributed by atoms with Gasteiger partial charge in [-0.15, -0.1) is 0 Å². The molecule has 2 N–H and O–H groups in total. The maximum atomic E-state index is 12.7. The molecule has 0 amide bonds. The molecule has 1 aromatic carbocycles. The molecule has 0 saturated carbocycles. The quantitative estimate of drug-likeness (QED) is 0.766. The zero-order chi connectivity index (χ0) is 12.7. The highest BCUT2D eigenvalue weighted by atomic mass is 19.3. The summed E-state index contributed by atoms with van der Waals surface area (Å²) < 4.78 is 30.3. The Balaban J connectivity index is 2.37. The van der Waals surface area contributed by atoms with Crippen LogP contribution in [0.25, 0.3) is 0 Å². The lowest BCUT2D eigenvalue weighted by molar-refractivity contribution is -0.0477. The molecule has 0 aromatic heterocycles. The Morgan fingerprint density at radius 3 is 2.35 bits per heavy atom. The van der Waals surface area contributed by atoms with Gasteiger partial charge in [-0.1, -0.05) is 24.3 Å². The highest BCUT2D eigenvalue weighted by Crippen LogP contribution is 2.10. The van der Waals surface area contributed by atoms with E-state index in [-0.39, 0.29) is 0 Å². The van der Waals surface area contributed by atoms with Crippen LogP contribution in [-0.4, -0.2) is 31.3 Å². The van der Waals surface area contributed by atoms with E-state index in [0.29, 0.717) is 13.2 Å². The third-order valence-electron chi connectivity index (χ3n) is 2.28. The monoisotopic (exact) mass is 245 g/mol. The summed E-state index contributed by atoms with van der Waals surface area (Å²) in [6.45, 7) is -0.769. The second-order valence-electron chi connectivity index (χ2n) is 3.87. The molecule has 0 aliphatic heterocycles. The predicted molar refractivity (Wildman–Crippen MR) is 60.9 cm³/mol. The summed E-state index contributed by atoms with van der Waals surface area (Å²) >= 11 is 0. The van der Waals surface area contributed by atoms with Crippen molar-refractivity contribution in [1.82, 2.24) is 5.32 Å². The van der Waals surface area contributed by atoms with E-state index < -0.39 is 19.1 Å². The van der Waals surface area contributed by atoms with E-state index in [1.165, 1.54) is 0 Å². The topological polar surface area (TPSA) is 41.5 Å². The van der Waals surface area contributed by atoms with Crippen LogP contribution in [0.2, 0.25) is 0 Å². The molecule has 96 valence electrons. The summed E-state index contributed by atoms with van der Waals surface area (Å²) in [4.78, 5) is 0. The minimum absolute atomic E-state index is 0.350. The van der Waals surface area contributed by atoms with Gasteiger partial charge < -0.3 is 15.2 Å². The van der Waals surface area contributed by atoms with Gasteiger partial charge in [0, 0.05) is 13.7 Å². The summed E-state index contributed by atoms with van der Waals surface area (Å²) in [6, 6.07) is 7.51. The van der Waals surface area contributed by atoms with E-state index in [1.54, 1.807) is 7.11 Å². The van der Waals surface area contributed by atoms with Crippen molar-refractivity contribution >= 4 is 0 Å². The number of rotatable bonds is 7. The molecule has 0 bridgehead atoms. The SMILES string of the molecule is COCc1ccc(CNCC(F)(F)CO)cc1. The van der Waals surface area contributed by atoms with Gasteiger partial charge in [-0.05, 0) is 11.1 Å². The molecule has 0 heterocycles. The van der Waals surface area contributed by atoms with Crippen molar-refractivity contribution in [1.29, 1.82) is 0 Å². The third kappa shape index (κ3) is 5.21. The summed E-state index contributed by atoms with van der Waals surface area (Å²) in [6.07, 6.45) is 0. The van der Waals surface area contributed by atoms with Crippen LogP contribution < -0.4 is 5.32 Å². The first-order chi connectivity index (χ1) is 8.07. The number of ether oxygens (including phenoxy) is 1. The Morgan fingerprint density at radius 2 is 1.82 bits per heavy atom. The van der Waals surface area contributed by atoms with Crippen LogP contribution in [0, 0.1) is 0 Å². The zero-order valence-corrected chi connectivity index (χ0v) is 9.75. The summed E-state index contributed by atoms with van der Waals surface area (Å²) in [5, 5.41) is 11.0. The highest BCUT2D eigenvalue weighted by molar-refractivity contribution is 5.21. The molecule has 3 nitrogen and oxygen atoms in total. The Kier molecular flexibility index (Phi) is 5.47. The fourth-order valence-corrected chi connectivity index (χ4v) is 1.37. The van der Waals surface area contributed by atoms with Gasteiger partial charge in [-0.2, -0.15) is 0 Å². The van der Waals surface area contributed by atoms with Gasteiger partial charge in [-0.3, -0.25) is 0 Å². The summed E-state index contributed by atoms with van der Waals surface area (Å²) in [5.41, 5.74) is 1.95. The number of aliphatic hydroxyl groups is 1. The fourth-order valence-electron chi connectivity index (χ4n) is 1.37. The molecule has 0 aliphatic carbocycles. The summed E-state index contributed by atoms with van der Waals surface area (Å²) in [5.74, 6) is -3.06. The lowest BCUT2D eigenvalue weighted by Crippen LogP contribution is -2.35. The average molecular weight is 245 g/mol. The van der Waals surface area contributed by atoms with Gasteiger partial charge in [0.15, 0.2) is 0 Å². The van der Waals surface area contributed by atoms with E-state index in [0.717, 1.165) is 11.1 Å². The largest absolute Gasteiger partial charge is 0.390 e. The van der Waals surface area contributed by atoms with Crippen molar-refractivity contribution < 1.29 is 18.6 Å². The predicted octanol–water partition coefficient (Wildman–Crippen LogP) is 1.55. The fraction of sp³-hybridized carbons (Fsp3) is 0.500. The van der Waals surface area contributed by atoms with Crippen molar-refractivity contribution in [2.75, 3.05) is 20.3 Å². The molecular weight excluding hydrogens is 228 g/mol. The van der Waals surface area contributed by atoms with Gasteiger partial charge in [0.2, 0.25) is 0 Å². The molecule has 0 fully saturated rings. The van der Waals surface area contributed by atoms with E-state index in [1.807, 2.05) is 24.3 Å². The average Bonchev–Trinajstić information content (AvgIpc) is 2.32. The number of alkyl halides is 2. The molecule has 0 unspecified atom stereocenters. The second kappa shape index (κ2) is 6.64. The number of benzene rings is 1. The Bertz CT molecular complexity index is 328. The minimum Gasteiger partial charge on any atom is -0.390 e. The molecular formula is C12H17F2NO2. The van der Waals surface area contributed by atoms with E-state index in [4.69, 9.17) is 9.84 Å². The van der Waals surface area contributed by atoms with E-state index in [2.05, 4.69) is 5.32 Å². The van der Waals surface area contributed by atoms with Gasteiger partial charge in [0.1, 0.15) is 6.61 Å². The molecule has 1 rings (SSSR count). The highest BCUT2D eigenvalue weighted by Gasteiger charge is 2.26. The van der Waals surface area contributed by atoms with Crippen molar-refractivity contribution in [3.8, 4) is 0 Å². The maximum Gasteiger partial charge on any atom is 0.282 e. The number of hydrogen-bond acceptors (Lipinski definition) is 3. The van der Waals surface area contributed by atoms with E-state index >= 15 is 0 Å². The molecule has 1 aromatic rings. The molecule has 0 spiro atoms. The van der Waals surface area contributed by atoms with Crippen LogP contribution in [0.4, 0.5) is 8.78 Å². The smallest absolute Gasteiger partial charge is 0.282 e. The normalized spacial score (nSPS) is 11.8. The molecule has 5 heteroatoms. The lowest BCUT2D eigenvalue weighted by atomic mass is 10.1. The van der Waals surface area contributed by atoms with Crippen LogP contribution in [0.1, 0.15) is 11.1 Å². The molecule has 0 radical (unpaired) electrons. The third-order valence-corrected chi connectivity index (χ3v) is 2.28. The van der Waals surface area contributed by atoms with Gasteiger partial charge >= 0.3 is 0 Å². The molecule has 0 atom stereocenters. The van der Waals surface area contributed by atoms with Crippen LogP contribution in [-0.2, 0) is 17.9 Å². The number of nitrogens with one attached hydrogen (secondary N) is 1. The zero-order valence-electron chi connectivity index (χ0n) is 9.75. The number of halogens is 2. The van der Waals surface area contributed by atoms with Crippen molar-refractivity contribution in [3.63, 3.8) is 0 Å². The minimum atomic E-state index is -3.06. The number of methoxy groups -OCH3 is 1. The Hall–Kier alpha value is -1.04. The van der Waals surface area contributed by atoms with Crippen LogP contribution in [0.15, 0.2) is 24.3 Å². The first-order valence-electron chi connectivity index (χ1n) is 5.33. The van der Waals surface area contributed by atoms with Gasteiger partial charge in [0.25, 0.3) is 5.92 Å². The Morgan fingerprint density at radius 1 is 1.24 bits per heavy atom. The first-order valence-corrected chi connectivity index (χ1v) is 5.33. The standard InChI is InChI=1S/C12H17F2NO2/c1-17-7-11-4-2-10(3-5-11)6-15-8-12(13,14)9-16/h2-5,15-16H,6-9H2,1H3. The van der Waals surface area contributed by atoms with Crippen LogP contribution in [0.3, 0.4) is 0 Å². The number of hydrogen-bond donors (Lipinski definition) is 2. The van der Waals surface area contributed by atoms with Gasteiger partial charge in [-0.25, -0.2) is 8.78 Å². The van der Waals surface area contributed by atoms with Crippen LogP contribution in [0.5, 0.6) is 0 Å². The second-order valence-corrected chi connectivity index (χ2v) is 3.87. The van der Waals surface area contributed by atoms with Gasteiger partial charge in [0.05, 0.1) is 13.2 Å². The first kappa shape index (κ1) is 14.0. The van der Waals surface area contributed by atoms with E-state index in [9.17, 15) is 8.78 Å². The van der Waals surface area contributed by atoms with Crippen LogP contribution >= 0.6 is 0 Å². The molecule has 0 saturated heterocycles. The molecule has 0 aliphatic rings. The Labute approximate surface area is 99.4 Å². The van der Waals surface area contributed by atoms with Crippen molar-refractivity contribution in [3.05, 3.63) is 35.4 Å². The molecule has 17 heavy (non-hydrogen) atoms. The van der Waals surface area contributed by atoms with Crippen molar-refractivity contribution in [2.45, 2.75) is 19.1 Å².